The molecule has 64 heavy (non-hydrogen) atoms. The molecule has 0 aromatic heterocycles. The fraction of sp³-hybridized carbons (Fsp3) is 0.429. The maximum Gasteiger partial charge on any atom is 0.339 e. The number of phenolic OH excluding ortho intramolecular Hbond substituents is 4. The second kappa shape index (κ2) is 25.5. The van der Waals surface area contributed by atoms with Gasteiger partial charge in [-0.25, -0.2) is 9.59 Å². The van der Waals surface area contributed by atoms with E-state index in [0.717, 1.165) is 51.4 Å². The molecule has 0 spiro atoms. The second-order valence-electron chi connectivity index (χ2n) is 17.4. The van der Waals surface area contributed by atoms with E-state index >= 15 is 0 Å². The van der Waals surface area contributed by atoms with Crippen molar-refractivity contribution in [3.63, 3.8) is 0 Å². The predicted molar refractivity (Wildman–Crippen MR) is 255 cm³/mol. The van der Waals surface area contributed by atoms with Crippen LogP contribution in [0.2, 0.25) is 0 Å². The van der Waals surface area contributed by atoms with Crippen LogP contribution < -0.4 is 0 Å². The van der Waals surface area contributed by atoms with Crippen LogP contribution in [-0.2, 0) is 20.7 Å². The van der Waals surface area contributed by atoms with E-state index in [4.69, 9.17) is 9.47 Å². The second-order valence-corrected chi connectivity index (χ2v) is 17.4. The van der Waals surface area contributed by atoms with E-state index in [1.807, 2.05) is 0 Å². The number of unbranched alkanes of at least 4 members (excludes halogenated alkanes) is 16. The highest BCUT2D eigenvalue weighted by Gasteiger charge is 2.40. The molecule has 8 nitrogen and oxygen atoms in total. The van der Waals surface area contributed by atoms with E-state index in [9.17, 15) is 30.0 Å². The van der Waals surface area contributed by atoms with Gasteiger partial charge in [0.05, 0.1) is 11.1 Å². The highest BCUT2D eigenvalue weighted by molar-refractivity contribution is 5.96. The smallest absolute Gasteiger partial charge is 0.339 e. The molecule has 0 aliphatic carbocycles. The van der Waals surface area contributed by atoms with Gasteiger partial charge in [-0.3, -0.25) is 0 Å². The molecule has 5 rings (SSSR count). The number of carbonyl (C=O) groups excluding carboxylic acids is 2. The Bertz CT molecular complexity index is 1880. The molecule has 4 N–H and O–H groups in total. The van der Waals surface area contributed by atoms with E-state index in [-0.39, 0.29) is 34.1 Å². The first-order valence-electron chi connectivity index (χ1n) is 23.8. The lowest BCUT2D eigenvalue weighted by atomic mass is 9.81. The van der Waals surface area contributed by atoms with Crippen LogP contribution >= 0.6 is 0 Å². The standard InChI is InChI=1S/C56H70O8/c1-3-5-7-9-11-13-15-17-19-40-55(45-24-32-49(57)33-25-45,46-26-34-50(58)35-27-46)63-53(61)43-22-21-23-44(42-43)54(62)64-56(47-28-36-51(59)37-29-47,48-30-38-52(60)39-31-48)41-20-18-16-14-12-10-8-6-4-2/h21-39,42,57-60H,3-20,40-41H2,1-2H3. The number of phenols is 4. The van der Waals surface area contributed by atoms with E-state index in [1.54, 1.807) is 115 Å². The fourth-order valence-electron chi connectivity index (χ4n) is 8.75. The van der Waals surface area contributed by atoms with Gasteiger partial charge in [0, 0.05) is 22.3 Å². The molecule has 0 heterocycles. The van der Waals surface area contributed by atoms with Gasteiger partial charge in [-0.05, 0) is 92.4 Å². The number of esters is 2. The monoisotopic (exact) mass is 871 g/mol. The van der Waals surface area contributed by atoms with Crippen molar-refractivity contribution in [2.45, 2.75) is 153 Å². The Kier molecular flexibility index (Phi) is 19.6. The summed E-state index contributed by atoms with van der Waals surface area (Å²) in [5, 5.41) is 41.1. The van der Waals surface area contributed by atoms with Crippen molar-refractivity contribution in [3.8, 4) is 23.0 Å². The number of hydrogen-bond donors (Lipinski definition) is 4. The normalized spacial score (nSPS) is 11.7. The van der Waals surface area contributed by atoms with E-state index in [0.29, 0.717) is 35.1 Å². The van der Waals surface area contributed by atoms with Gasteiger partial charge in [-0.2, -0.15) is 0 Å². The zero-order valence-electron chi connectivity index (χ0n) is 38.1. The van der Waals surface area contributed by atoms with Gasteiger partial charge in [0.25, 0.3) is 0 Å². The van der Waals surface area contributed by atoms with Crippen molar-refractivity contribution < 1.29 is 39.5 Å². The summed E-state index contributed by atoms with van der Waals surface area (Å²) in [7, 11) is 0. The van der Waals surface area contributed by atoms with Crippen molar-refractivity contribution in [1.82, 2.24) is 0 Å². The SMILES string of the molecule is CCCCCCCCCCCC(OC(=O)c1cccc(C(=O)OC(CCCCCCCCCCC)(c2ccc(O)cc2)c2ccc(O)cc2)c1)(c1ccc(O)cc1)c1ccc(O)cc1. The Hall–Kier alpha value is -5.76. The summed E-state index contributed by atoms with van der Waals surface area (Å²) in [6.07, 6.45) is 21.0. The van der Waals surface area contributed by atoms with Gasteiger partial charge < -0.3 is 29.9 Å². The summed E-state index contributed by atoms with van der Waals surface area (Å²) in [4.78, 5) is 29.1. The average Bonchev–Trinajstić information content (AvgIpc) is 3.30. The molecule has 342 valence electrons. The molecule has 0 atom stereocenters. The van der Waals surface area contributed by atoms with E-state index < -0.39 is 23.1 Å². The third-order valence-corrected chi connectivity index (χ3v) is 12.5. The minimum Gasteiger partial charge on any atom is -0.508 e. The quantitative estimate of drug-likeness (QED) is 0.0288. The number of rotatable bonds is 28. The van der Waals surface area contributed by atoms with Crippen LogP contribution in [0.5, 0.6) is 23.0 Å². The predicted octanol–water partition coefficient (Wildman–Crippen LogP) is 14.6. The number of hydrogen-bond acceptors (Lipinski definition) is 8. The van der Waals surface area contributed by atoms with E-state index in [1.165, 1.54) is 70.3 Å². The molecule has 0 unspecified atom stereocenters. The summed E-state index contributed by atoms with van der Waals surface area (Å²) in [5.41, 5.74) is 0.431. The first-order chi connectivity index (χ1) is 31.1. The molecule has 0 saturated heterocycles. The maximum atomic E-state index is 14.5. The minimum atomic E-state index is -1.28. The summed E-state index contributed by atoms with van der Waals surface area (Å²) in [6, 6.07) is 33.1. The Morgan fingerprint density at radius 1 is 0.375 bits per heavy atom. The molecule has 0 bridgehead atoms. The van der Waals surface area contributed by atoms with Crippen molar-refractivity contribution in [2.24, 2.45) is 0 Å². The molecule has 0 aliphatic heterocycles. The zero-order chi connectivity index (χ0) is 45.6. The molecule has 5 aromatic rings. The highest BCUT2D eigenvalue weighted by Crippen LogP contribution is 2.43. The number of aromatic hydroxyl groups is 4. The van der Waals surface area contributed by atoms with Crippen molar-refractivity contribution >= 4 is 11.9 Å². The first kappa shape index (κ1) is 49.3. The first-order valence-corrected chi connectivity index (χ1v) is 23.8. The molecule has 5 aromatic carbocycles. The van der Waals surface area contributed by atoms with Crippen LogP contribution in [-0.4, -0.2) is 32.4 Å². The highest BCUT2D eigenvalue weighted by atomic mass is 16.6. The summed E-state index contributed by atoms with van der Waals surface area (Å²) >= 11 is 0. The van der Waals surface area contributed by atoms with Crippen molar-refractivity contribution in [3.05, 3.63) is 155 Å². The van der Waals surface area contributed by atoms with Crippen molar-refractivity contribution in [2.75, 3.05) is 0 Å². The molecule has 8 heteroatoms. The zero-order valence-corrected chi connectivity index (χ0v) is 38.1. The number of carbonyl (C=O) groups is 2. The summed E-state index contributed by atoms with van der Waals surface area (Å²) in [6.45, 7) is 4.44. The van der Waals surface area contributed by atoms with Crippen LogP contribution in [0.4, 0.5) is 0 Å². The van der Waals surface area contributed by atoms with Gasteiger partial charge in [-0.1, -0.05) is 171 Å². The lowest BCUT2D eigenvalue weighted by Crippen LogP contribution is -2.35. The summed E-state index contributed by atoms with van der Waals surface area (Å²) < 4.78 is 13.3. The Labute approximate surface area is 381 Å². The molecule has 0 radical (unpaired) electrons. The van der Waals surface area contributed by atoms with Crippen LogP contribution in [0.3, 0.4) is 0 Å². The topological polar surface area (TPSA) is 134 Å². The molecular formula is C56H70O8. The average molecular weight is 871 g/mol. The van der Waals surface area contributed by atoms with Crippen LogP contribution in [0, 0.1) is 0 Å². The van der Waals surface area contributed by atoms with Crippen LogP contribution in [0.25, 0.3) is 0 Å². The van der Waals surface area contributed by atoms with Gasteiger partial charge in [0.15, 0.2) is 11.2 Å². The molecule has 0 saturated carbocycles. The third-order valence-electron chi connectivity index (χ3n) is 12.5. The Morgan fingerprint density at radius 2 is 0.625 bits per heavy atom. The lowest BCUT2D eigenvalue weighted by molar-refractivity contribution is -0.00672. The van der Waals surface area contributed by atoms with Crippen LogP contribution in [0.15, 0.2) is 121 Å². The Morgan fingerprint density at radius 3 is 0.891 bits per heavy atom. The van der Waals surface area contributed by atoms with E-state index in [2.05, 4.69) is 13.8 Å². The van der Waals surface area contributed by atoms with Crippen molar-refractivity contribution in [1.29, 1.82) is 0 Å². The largest absolute Gasteiger partial charge is 0.508 e. The Balaban J connectivity index is 1.43. The van der Waals surface area contributed by atoms with Gasteiger partial charge in [-0.15, -0.1) is 0 Å². The summed E-state index contributed by atoms with van der Waals surface area (Å²) in [5.74, 6) is -0.973. The lowest BCUT2D eigenvalue weighted by Gasteiger charge is -2.35. The van der Waals surface area contributed by atoms with Crippen LogP contribution in [0.1, 0.15) is 185 Å². The third kappa shape index (κ3) is 14.1. The maximum absolute atomic E-state index is 14.5. The molecular weight excluding hydrogens is 801 g/mol. The molecule has 0 aliphatic rings. The molecule has 0 fully saturated rings. The van der Waals surface area contributed by atoms with Gasteiger partial charge >= 0.3 is 11.9 Å². The number of ether oxygens (including phenoxy) is 2. The van der Waals surface area contributed by atoms with Gasteiger partial charge in [0.2, 0.25) is 0 Å². The minimum absolute atomic E-state index is 0.0810. The number of benzene rings is 5. The molecule has 0 amide bonds. The van der Waals surface area contributed by atoms with Gasteiger partial charge in [0.1, 0.15) is 23.0 Å². The fourth-order valence-corrected chi connectivity index (χ4v) is 8.75.